The van der Waals surface area contributed by atoms with Crippen molar-refractivity contribution in [1.29, 1.82) is 5.26 Å². The lowest BCUT2D eigenvalue weighted by molar-refractivity contribution is -0.139. The minimum absolute atomic E-state index is 0.0144. The van der Waals surface area contributed by atoms with Crippen molar-refractivity contribution in [1.82, 2.24) is 23.8 Å². The van der Waals surface area contributed by atoms with Gasteiger partial charge in [0.05, 0.1) is 38.1 Å². The van der Waals surface area contributed by atoms with E-state index in [1.807, 2.05) is 6.07 Å². The highest BCUT2D eigenvalue weighted by Gasteiger charge is 2.41. The number of rotatable bonds is 11. The van der Waals surface area contributed by atoms with E-state index >= 15 is 0 Å². The number of nitrogens with zero attached hydrogens (tertiary/aromatic N) is 6. The highest BCUT2D eigenvalue weighted by molar-refractivity contribution is 7.21. The molecule has 5 rings (SSSR count). The van der Waals surface area contributed by atoms with Crippen LogP contribution in [0.1, 0.15) is 56.8 Å². The molecular weight excluding hydrogens is 587 g/mol. The van der Waals surface area contributed by atoms with Crippen LogP contribution < -0.4 is 16.0 Å². The maximum Gasteiger partial charge on any atom is 0.333 e. The fourth-order valence-electron chi connectivity index (χ4n) is 5.81. The zero-order valence-corrected chi connectivity index (χ0v) is 26.0. The van der Waals surface area contributed by atoms with E-state index in [1.54, 1.807) is 48.8 Å². The molecule has 13 heteroatoms. The van der Waals surface area contributed by atoms with Crippen LogP contribution >= 0.6 is 11.3 Å². The predicted octanol–water partition coefficient (Wildman–Crippen LogP) is 4.29. The third-order valence-corrected chi connectivity index (χ3v) is 9.66. The van der Waals surface area contributed by atoms with E-state index in [9.17, 15) is 18.8 Å². The molecule has 1 aliphatic rings. The Kier molecular flexibility index (Phi) is 9.03. The second-order valence-electron chi connectivity index (χ2n) is 11.0. The summed E-state index contributed by atoms with van der Waals surface area (Å²) in [5, 5.41) is 14.4. The molecule has 1 aromatic carbocycles. The van der Waals surface area contributed by atoms with Gasteiger partial charge in [-0.1, -0.05) is 18.3 Å². The fourth-order valence-corrected chi connectivity index (χ4v) is 7.06. The summed E-state index contributed by atoms with van der Waals surface area (Å²) in [7, 11) is 1.45. The first-order valence-electron chi connectivity index (χ1n) is 14.6. The third kappa shape index (κ3) is 5.44. The molecule has 1 fully saturated rings. The second kappa shape index (κ2) is 12.8. The summed E-state index contributed by atoms with van der Waals surface area (Å²) in [6.07, 6.45) is 4.43. The zero-order valence-electron chi connectivity index (χ0n) is 25.2. The molecule has 0 bridgehead atoms. The summed E-state index contributed by atoms with van der Waals surface area (Å²) in [4.78, 5) is 45.0. The Morgan fingerprint density at radius 3 is 2.66 bits per heavy atom. The molecule has 0 aliphatic carbocycles. The minimum Gasteiger partial charge on any atom is -0.496 e. The molecule has 2 atom stereocenters. The number of halogens is 1. The summed E-state index contributed by atoms with van der Waals surface area (Å²) in [6.45, 7) is 6.22. The highest BCUT2D eigenvalue weighted by Crippen LogP contribution is 2.35. The van der Waals surface area contributed by atoms with E-state index in [0.717, 1.165) is 17.4 Å². The van der Waals surface area contributed by atoms with Gasteiger partial charge in [0.1, 0.15) is 33.0 Å². The molecule has 11 nitrogen and oxygen atoms in total. The largest absolute Gasteiger partial charge is 0.496 e. The summed E-state index contributed by atoms with van der Waals surface area (Å²) in [5.41, 5.74) is -1.75. The molecule has 4 heterocycles. The van der Waals surface area contributed by atoms with Crippen LogP contribution in [0.25, 0.3) is 15.2 Å². The third-order valence-electron chi connectivity index (χ3n) is 8.36. The van der Waals surface area contributed by atoms with Crippen LogP contribution in [-0.2, 0) is 21.6 Å². The molecule has 232 valence electrons. The first-order valence-corrected chi connectivity index (χ1v) is 15.4. The number of benzene rings is 1. The van der Waals surface area contributed by atoms with Crippen LogP contribution in [0.15, 0.2) is 46.2 Å². The Balaban J connectivity index is 1.79. The molecule has 1 amide bonds. The van der Waals surface area contributed by atoms with Gasteiger partial charge in [-0.3, -0.25) is 14.2 Å². The molecule has 1 aliphatic heterocycles. The van der Waals surface area contributed by atoms with E-state index in [-0.39, 0.29) is 37.3 Å². The van der Waals surface area contributed by atoms with Gasteiger partial charge >= 0.3 is 5.69 Å². The van der Waals surface area contributed by atoms with E-state index in [0.29, 0.717) is 39.8 Å². The zero-order chi connectivity index (χ0) is 31.6. The van der Waals surface area contributed by atoms with Gasteiger partial charge < -0.3 is 14.4 Å². The number of thiophene rings is 1. The van der Waals surface area contributed by atoms with Crippen LogP contribution in [0.4, 0.5) is 4.39 Å². The van der Waals surface area contributed by atoms with Gasteiger partial charge in [-0.15, -0.1) is 0 Å². The van der Waals surface area contributed by atoms with Crippen molar-refractivity contribution in [3.05, 3.63) is 74.4 Å². The fraction of sp³-hybridized carbons (Fsp3) is 0.452. The molecule has 0 N–H and O–H groups in total. The van der Waals surface area contributed by atoms with Gasteiger partial charge in [0.25, 0.3) is 5.56 Å². The number of fused-ring (bicyclic) bond motifs is 1. The summed E-state index contributed by atoms with van der Waals surface area (Å²) >= 11 is 1.22. The van der Waals surface area contributed by atoms with Crippen molar-refractivity contribution in [2.24, 2.45) is 0 Å². The monoisotopic (exact) mass is 622 g/mol. The van der Waals surface area contributed by atoms with Crippen molar-refractivity contribution >= 4 is 27.5 Å². The minimum atomic E-state index is -1.46. The number of nitriles is 1. The van der Waals surface area contributed by atoms with Crippen molar-refractivity contribution in [3.63, 3.8) is 0 Å². The van der Waals surface area contributed by atoms with E-state index < -0.39 is 28.7 Å². The molecule has 3 aromatic heterocycles. The topological polar surface area (TPSA) is 124 Å². The van der Waals surface area contributed by atoms with Gasteiger partial charge in [0.15, 0.2) is 0 Å². The quantitative estimate of drug-likeness (QED) is 0.229. The Morgan fingerprint density at radius 1 is 1.27 bits per heavy atom. The van der Waals surface area contributed by atoms with E-state index in [1.165, 1.54) is 41.2 Å². The Bertz CT molecular complexity index is 1830. The average Bonchev–Trinajstić information content (AvgIpc) is 3.80. The van der Waals surface area contributed by atoms with Crippen LogP contribution in [0.2, 0.25) is 0 Å². The average molecular weight is 623 g/mol. The number of amides is 1. The lowest BCUT2D eigenvalue weighted by atomic mass is 9.96. The Labute approximate surface area is 257 Å². The Hall–Kier alpha value is -4.28. The van der Waals surface area contributed by atoms with Crippen molar-refractivity contribution in [2.45, 2.75) is 64.6 Å². The molecular formula is C31H35FN6O5S. The number of likely N-dealkylation sites (tertiary alicyclic amines) is 1. The van der Waals surface area contributed by atoms with E-state index in [2.05, 4.69) is 5.10 Å². The normalized spacial score (nSPS) is 15.3. The lowest BCUT2D eigenvalue weighted by Crippen LogP contribution is -2.57. The molecule has 4 aromatic rings. The van der Waals surface area contributed by atoms with E-state index in [4.69, 9.17) is 14.7 Å². The van der Waals surface area contributed by atoms with Crippen molar-refractivity contribution in [2.75, 3.05) is 26.8 Å². The summed E-state index contributed by atoms with van der Waals surface area (Å²) in [6, 6.07) is 7.80. The van der Waals surface area contributed by atoms with Crippen molar-refractivity contribution < 1.29 is 18.7 Å². The van der Waals surface area contributed by atoms with Gasteiger partial charge in [-0.05, 0) is 57.4 Å². The number of aryl methyl sites for hydroxylation is 1. The maximum atomic E-state index is 14.6. The van der Waals surface area contributed by atoms with Gasteiger partial charge in [-0.25, -0.2) is 18.4 Å². The van der Waals surface area contributed by atoms with Crippen LogP contribution in [0, 0.1) is 24.1 Å². The maximum absolute atomic E-state index is 14.6. The number of hydrogen-bond acceptors (Lipinski definition) is 8. The SMILES string of the molecule is CC[C@@](C)(C(=O)N1CCCC1)n1c(=O)c2c(C)c(-n3cccn3)sc2n(C[C@H](OCCC#N)c2cc(F)ccc2OC)c1=O. The predicted molar refractivity (Wildman–Crippen MR) is 164 cm³/mol. The molecule has 0 radical (unpaired) electrons. The highest BCUT2D eigenvalue weighted by atomic mass is 32.1. The van der Waals surface area contributed by atoms with Gasteiger partial charge in [0, 0.05) is 36.6 Å². The number of ether oxygens (including phenoxy) is 2. The first-order chi connectivity index (χ1) is 21.2. The van der Waals surface area contributed by atoms with Gasteiger partial charge in [-0.2, -0.15) is 10.4 Å². The molecule has 0 saturated carbocycles. The van der Waals surface area contributed by atoms with Crippen LogP contribution in [0.5, 0.6) is 5.75 Å². The van der Waals surface area contributed by atoms with Crippen LogP contribution in [-0.4, -0.2) is 56.5 Å². The first kappa shape index (κ1) is 31.2. The lowest BCUT2D eigenvalue weighted by Gasteiger charge is -2.33. The molecule has 44 heavy (non-hydrogen) atoms. The number of methoxy groups -OCH3 is 1. The van der Waals surface area contributed by atoms with Crippen LogP contribution in [0.3, 0.4) is 0 Å². The number of carbonyl (C=O) groups is 1. The van der Waals surface area contributed by atoms with Gasteiger partial charge in [0.2, 0.25) is 5.91 Å². The number of aromatic nitrogens is 4. The number of hydrogen-bond donors (Lipinski definition) is 0. The standard InChI is InChI=1S/C31H35FN6O5S/c1-5-31(3,29(40)35-14-6-7-15-35)38-26(39)25-20(2)27(37-16-9-13-34-37)44-28(25)36(30(38)41)19-24(43-17-8-12-33)22-18-21(32)10-11-23(22)42-4/h9-11,13,16,18,24H,5-8,14-15,17,19H2,1-4H3/t24-,31-/m0/s1. The molecule has 0 spiro atoms. The summed E-state index contributed by atoms with van der Waals surface area (Å²) in [5.74, 6) is -0.468. The smallest absolute Gasteiger partial charge is 0.333 e. The number of carbonyl (C=O) groups excluding carboxylic acids is 1. The van der Waals surface area contributed by atoms with Crippen molar-refractivity contribution in [3.8, 4) is 16.8 Å². The second-order valence-corrected chi connectivity index (χ2v) is 12.0. The Morgan fingerprint density at radius 2 is 2.02 bits per heavy atom. The molecule has 1 saturated heterocycles. The summed E-state index contributed by atoms with van der Waals surface area (Å²) < 4.78 is 30.3. The molecule has 0 unspecified atom stereocenters.